The van der Waals surface area contributed by atoms with Crippen molar-refractivity contribution in [2.24, 2.45) is 0 Å². The van der Waals surface area contributed by atoms with E-state index in [4.69, 9.17) is 0 Å². The van der Waals surface area contributed by atoms with Gasteiger partial charge >= 0.3 is 0 Å². The molecule has 0 radical (unpaired) electrons. The Kier molecular flexibility index (Phi) is 6.06. The van der Waals surface area contributed by atoms with Crippen LogP contribution in [0.2, 0.25) is 0 Å². The fourth-order valence-corrected chi connectivity index (χ4v) is 2.16. The molecule has 0 spiro atoms. The molecule has 0 bridgehead atoms. The highest BCUT2D eigenvalue weighted by atomic mass is 79.9. The first-order chi connectivity index (χ1) is 7.61. The molecule has 0 aliphatic heterocycles. The Morgan fingerprint density at radius 2 is 2.31 bits per heavy atom. The minimum Gasteiger partial charge on any atom is -0.298 e. The van der Waals surface area contributed by atoms with Crippen molar-refractivity contribution in [3.8, 4) is 0 Å². The number of pyridine rings is 1. The lowest BCUT2D eigenvalue weighted by Crippen LogP contribution is -2.09. The van der Waals surface area contributed by atoms with Gasteiger partial charge in [-0.2, -0.15) is 11.8 Å². The number of aromatic nitrogens is 1. The number of rotatable bonds is 6. The molecule has 0 saturated heterocycles. The Hall–Kier alpha value is -0.350. The van der Waals surface area contributed by atoms with E-state index in [0.717, 1.165) is 16.6 Å². The molecule has 1 aromatic rings. The van der Waals surface area contributed by atoms with E-state index < -0.39 is 0 Å². The van der Waals surface area contributed by atoms with Gasteiger partial charge in [-0.05, 0) is 34.5 Å². The predicted molar refractivity (Wildman–Crippen MR) is 72.9 cm³/mol. The van der Waals surface area contributed by atoms with E-state index in [1.54, 1.807) is 18.0 Å². The van der Waals surface area contributed by atoms with Crippen molar-refractivity contribution < 1.29 is 4.79 Å². The van der Waals surface area contributed by atoms with Gasteiger partial charge < -0.3 is 0 Å². The molecule has 1 unspecified atom stereocenters. The second-order valence-electron chi connectivity index (χ2n) is 3.71. The molecule has 4 heteroatoms. The van der Waals surface area contributed by atoms with E-state index in [0.29, 0.717) is 17.4 Å². The Labute approximate surface area is 109 Å². The molecule has 0 saturated carbocycles. The average molecular weight is 302 g/mol. The summed E-state index contributed by atoms with van der Waals surface area (Å²) in [7, 11) is 0. The van der Waals surface area contributed by atoms with Crippen LogP contribution in [0.15, 0.2) is 22.8 Å². The molecule has 1 rings (SSSR count). The molecule has 1 aromatic heterocycles. The highest BCUT2D eigenvalue weighted by Gasteiger charge is 2.07. The number of nitrogens with zero attached hydrogens (tertiary/aromatic N) is 1. The van der Waals surface area contributed by atoms with E-state index in [1.807, 2.05) is 12.1 Å². The molecule has 0 N–H and O–H groups in total. The van der Waals surface area contributed by atoms with Crippen molar-refractivity contribution in [3.63, 3.8) is 0 Å². The number of Topliss-reactive ketones (excluding diaryl/α,β-unsaturated/α-hetero) is 1. The van der Waals surface area contributed by atoms with Gasteiger partial charge in [-0.1, -0.05) is 13.8 Å². The van der Waals surface area contributed by atoms with Gasteiger partial charge in [0.2, 0.25) is 0 Å². The largest absolute Gasteiger partial charge is 0.298 e. The van der Waals surface area contributed by atoms with E-state index in [-0.39, 0.29) is 5.78 Å². The standard InChI is InChI=1S/C12H16BrNOS/c1-3-9(2)16-8-12(15)6-11-5-4-10(13)7-14-11/h4-5,7,9H,3,6,8H2,1-2H3. The van der Waals surface area contributed by atoms with Crippen LogP contribution in [0.1, 0.15) is 26.0 Å². The molecule has 0 aliphatic carbocycles. The Morgan fingerprint density at radius 1 is 1.56 bits per heavy atom. The van der Waals surface area contributed by atoms with Gasteiger partial charge in [-0.3, -0.25) is 9.78 Å². The van der Waals surface area contributed by atoms with Crippen LogP contribution in [-0.4, -0.2) is 21.8 Å². The second kappa shape index (κ2) is 7.07. The first-order valence-electron chi connectivity index (χ1n) is 5.35. The molecule has 1 heterocycles. The monoisotopic (exact) mass is 301 g/mol. The quantitative estimate of drug-likeness (QED) is 0.806. The number of carbonyl (C=O) groups is 1. The maximum atomic E-state index is 11.6. The predicted octanol–water partition coefficient (Wildman–Crippen LogP) is 3.49. The summed E-state index contributed by atoms with van der Waals surface area (Å²) in [6.07, 6.45) is 3.27. The number of halogens is 1. The molecule has 1 atom stereocenters. The SMILES string of the molecule is CCC(C)SCC(=O)Cc1ccc(Br)cn1. The fraction of sp³-hybridized carbons (Fsp3) is 0.500. The summed E-state index contributed by atoms with van der Waals surface area (Å²) in [6.45, 7) is 4.29. The average Bonchev–Trinajstić information content (AvgIpc) is 2.29. The van der Waals surface area contributed by atoms with E-state index in [9.17, 15) is 4.79 Å². The number of ketones is 1. The van der Waals surface area contributed by atoms with Crippen LogP contribution < -0.4 is 0 Å². The summed E-state index contributed by atoms with van der Waals surface area (Å²) in [5.74, 6) is 0.840. The summed E-state index contributed by atoms with van der Waals surface area (Å²) < 4.78 is 0.942. The normalized spacial score (nSPS) is 12.4. The summed E-state index contributed by atoms with van der Waals surface area (Å²) in [5.41, 5.74) is 0.845. The third-order valence-corrected chi connectivity index (χ3v) is 4.13. The van der Waals surface area contributed by atoms with Crippen LogP contribution in [0, 0.1) is 0 Å². The van der Waals surface area contributed by atoms with E-state index in [2.05, 4.69) is 34.8 Å². The lowest BCUT2D eigenvalue weighted by molar-refractivity contribution is -0.116. The molecule has 16 heavy (non-hydrogen) atoms. The number of hydrogen-bond donors (Lipinski definition) is 0. The molecule has 88 valence electrons. The Balaban J connectivity index is 2.37. The second-order valence-corrected chi connectivity index (χ2v) is 6.06. The summed E-state index contributed by atoms with van der Waals surface area (Å²) in [5, 5.41) is 0.557. The molecule has 0 aromatic carbocycles. The third-order valence-electron chi connectivity index (χ3n) is 2.27. The molecular formula is C12H16BrNOS. The maximum absolute atomic E-state index is 11.6. The van der Waals surface area contributed by atoms with Crippen LogP contribution in [0.25, 0.3) is 0 Å². The van der Waals surface area contributed by atoms with Crippen LogP contribution in [0.5, 0.6) is 0 Å². The van der Waals surface area contributed by atoms with Crippen LogP contribution >= 0.6 is 27.7 Å². The van der Waals surface area contributed by atoms with E-state index in [1.165, 1.54) is 0 Å². The van der Waals surface area contributed by atoms with Gasteiger partial charge in [-0.25, -0.2) is 0 Å². The summed E-state index contributed by atoms with van der Waals surface area (Å²) in [6, 6.07) is 3.80. The minimum absolute atomic E-state index is 0.250. The topological polar surface area (TPSA) is 30.0 Å². The molecule has 0 aliphatic rings. The van der Waals surface area contributed by atoms with E-state index >= 15 is 0 Å². The van der Waals surface area contributed by atoms with Gasteiger partial charge in [-0.15, -0.1) is 0 Å². The maximum Gasteiger partial charge on any atom is 0.148 e. The van der Waals surface area contributed by atoms with Crippen molar-refractivity contribution in [1.82, 2.24) is 4.98 Å². The molecular weight excluding hydrogens is 286 g/mol. The Bertz CT molecular complexity index is 339. The zero-order chi connectivity index (χ0) is 12.0. The number of hydrogen-bond acceptors (Lipinski definition) is 3. The third kappa shape index (κ3) is 5.12. The molecule has 0 fully saturated rings. The van der Waals surface area contributed by atoms with Crippen molar-refractivity contribution in [1.29, 1.82) is 0 Å². The number of carbonyl (C=O) groups excluding carboxylic acids is 1. The van der Waals surface area contributed by atoms with Crippen molar-refractivity contribution in [2.45, 2.75) is 31.9 Å². The van der Waals surface area contributed by atoms with Gasteiger partial charge in [0.15, 0.2) is 0 Å². The first-order valence-corrected chi connectivity index (χ1v) is 7.19. The lowest BCUT2D eigenvalue weighted by Gasteiger charge is -2.06. The van der Waals surface area contributed by atoms with Crippen molar-refractivity contribution in [2.75, 3.05) is 5.75 Å². The summed E-state index contributed by atoms with van der Waals surface area (Å²) >= 11 is 5.04. The van der Waals surface area contributed by atoms with Crippen molar-refractivity contribution >= 4 is 33.5 Å². The smallest absolute Gasteiger partial charge is 0.148 e. The highest BCUT2D eigenvalue weighted by molar-refractivity contribution is 9.10. The number of thioether (sulfide) groups is 1. The molecule has 0 amide bonds. The lowest BCUT2D eigenvalue weighted by atomic mass is 10.2. The first kappa shape index (κ1) is 13.7. The zero-order valence-corrected chi connectivity index (χ0v) is 12.0. The van der Waals surface area contributed by atoms with Gasteiger partial charge in [0.1, 0.15) is 5.78 Å². The minimum atomic E-state index is 0.250. The van der Waals surface area contributed by atoms with Gasteiger partial charge in [0.25, 0.3) is 0 Å². The van der Waals surface area contributed by atoms with Crippen LogP contribution in [-0.2, 0) is 11.2 Å². The van der Waals surface area contributed by atoms with Gasteiger partial charge in [0, 0.05) is 28.0 Å². The Morgan fingerprint density at radius 3 is 2.88 bits per heavy atom. The van der Waals surface area contributed by atoms with Gasteiger partial charge in [0.05, 0.1) is 5.75 Å². The summed E-state index contributed by atoms with van der Waals surface area (Å²) in [4.78, 5) is 15.8. The highest BCUT2D eigenvalue weighted by Crippen LogP contribution is 2.14. The van der Waals surface area contributed by atoms with Crippen LogP contribution in [0.4, 0.5) is 0 Å². The van der Waals surface area contributed by atoms with Crippen LogP contribution in [0.3, 0.4) is 0 Å². The zero-order valence-electron chi connectivity index (χ0n) is 9.57. The van der Waals surface area contributed by atoms with Crippen molar-refractivity contribution in [3.05, 3.63) is 28.5 Å². The molecule has 2 nitrogen and oxygen atoms in total. The fourth-order valence-electron chi connectivity index (χ4n) is 1.12.